The molecular weight excluding hydrogens is 243 g/mol. The van der Waals surface area contributed by atoms with E-state index in [0.29, 0.717) is 30.0 Å². The van der Waals surface area contributed by atoms with Gasteiger partial charge in [-0.3, -0.25) is 4.90 Å². The van der Waals surface area contributed by atoms with Crippen LogP contribution < -0.4 is 10.2 Å². The first-order valence-electron chi connectivity index (χ1n) is 6.79. The number of nitrogens with zero attached hydrogens (tertiary/aromatic N) is 3. The minimum atomic E-state index is -0.194. The lowest BCUT2D eigenvalue weighted by Crippen LogP contribution is -2.55. The molecule has 2 unspecified atom stereocenters. The van der Waals surface area contributed by atoms with Crippen molar-refractivity contribution in [2.24, 2.45) is 0 Å². The van der Waals surface area contributed by atoms with E-state index in [2.05, 4.69) is 41.0 Å². The van der Waals surface area contributed by atoms with Gasteiger partial charge in [-0.15, -0.1) is 0 Å². The Labute approximate surface area is 114 Å². The van der Waals surface area contributed by atoms with Gasteiger partial charge in [-0.05, 0) is 34.0 Å². The summed E-state index contributed by atoms with van der Waals surface area (Å²) in [5, 5.41) is 2.99. The maximum absolute atomic E-state index is 14.4. The van der Waals surface area contributed by atoms with Crippen LogP contribution in [0.15, 0.2) is 12.3 Å². The number of rotatable bonds is 3. The number of aromatic nitrogens is 1. The van der Waals surface area contributed by atoms with Crippen LogP contribution in [0.25, 0.3) is 0 Å². The summed E-state index contributed by atoms with van der Waals surface area (Å²) in [6, 6.07) is 2.54. The second-order valence-electron chi connectivity index (χ2n) is 5.41. The van der Waals surface area contributed by atoms with Gasteiger partial charge in [0.1, 0.15) is 0 Å². The standard InChI is InChI=1S/C14H23FN4/c1-10-8-19(9-11(2)18(10)4)14-13(15)12(7-16-3)5-6-17-14/h5-6,10-11,16H,7-9H2,1-4H3. The largest absolute Gasteiger partial charge is 0.351 e. The number of halogens is 1. The number of nitrogens with one attached hydrogen (secondary N) is 1. The molecule has 5 heteroatoms. The van der Waals surface area contributed by atoms with Crippen LogP contribution in [0.2, 0.25) is 0 Å². The molecule has 1 aliphatic heterocycles. The first-order valence-corrected chi connectivity index (χ1v) is 6.79. The molecule has 2 atom stereocenters. The number of likely N-dealkylation sites (N-methyl/N-ethyl adjacent to an activating group) is 1. The first-order chi connectivity index (χ1) is 9.04. The van der Waals surface area contributed by atoms with Gasteiger partial charge in [0.2, 0.25) is 0 Å². The summed E-state index contributed by atoms with van der Waals surface area (Å²) in [6.45, 7) is 6.48. The minimum Gasteiger partial charge on any atom is -0.351 e. The molecule has 0 spiro atoms. The molecule has 0 aliphatic carbocycles. The predicted octanol–water partition coefficient (Wildman–Crippen LogP) is 1.47. The summed E-state index contributed by atoms with van der Waals surface area (Å²) in [5.41, 5.74) is 0.673. The molecule has 0 amide bonds. The molecule has 19 heavy (non-hydrogen) atoms. The van der Waals surface area contributed by atoms with Gasteiger partial charge in [0.25, 0.3) is 0 Å². The zero-order chi connectivity index (χ0) is 14.0. The van der Waals surface area contributed by atoms with Crippen LogP contribution in [0.1, 0.15) is 19.4 Å². The molecule has 1 aromatic rings. The predicted molar refractivity (Wildman–Crippen MR) is 75.9 cm³/mol. The SMILES string of the molecule is CNCc1ccnc(N2CC(C)N(C)C(C)C2)c1F. The Kier molecular flexibility index (Phi) is 4.37. The molecule has 2 heterocycles. The van der Waals surface area contributed by atoms with E-state index in [-0.39, 0.29) is 5.82 Å². The van der Waals surface area contributed by atoms with Crippen molar-refractivity contribution < 1.29 is 4.39 Å². The topological polar surface area (TPSA) is 31.4 Å². The van der Waals surface area contributed by atoms with Crippen molar-refractivity contribution in [3.8, 4) is 0 Å². The lowest BCUT2D eigenvalue weighted by molar-refractivity contribution is 0.169. The Morgan fingerprint density at radius 3 is 2.58 bits per heavy atom. The number of hydrogen-bond donors (Lipinski definition) is 1. The lowest BCUT2D eigenvalue weighted by Gasteiger charge is -2.43. The molecule has 1 aliphatic rings. The fraction of sp³-hybridized carbons (Fsp3) is 0.643. The third kappa shape index (κ3) is 2.87. The summed E-state index contributed by atoms with van der Waals surface area (Å²) < 4.78 is 14.4. The molecule has 4 nitrogen and oxygen atoms in total. The highest BCUT2D eigenvalue weighted by atomic mass is 19.1. The maximum atomic E-state index is 14.4. The smallest absolute Gasteiger partial charge is 0.170 e. The van der Waals surface area contributed by atoms with Crippen LogP contribution in [0, 0.1) is 5.82 Å². The van der Waals surface area contributed by atoms with Gasteiger partial charge >= 0.3 is 0 Å². The van der Waals surface area contributed by atoms with E-state index in [1.54, 1.807) is 12.3 Å². The van der Waals surface area contributed by atoms with Crippen LogP contribution in [0.3, 0.4) is 0 Å². The van der Waals surface area contributed by atoms with E-state index in [1.165, 1.54) is 0 Å². The third-order valence-electron chi connectivity index (χ3n) is 3.98. The zero-order valence-electron chi connectivity index (χ0n) is 12.2. The number of anilines is 1. The van der Waals surface area contributed by atoms with Crippen molar-refractivity contribution >= 4 is 5.82 Å². The lowest BCUT2D eigenvalue weighted by atomic mass is 10.1. The molecule has 1 fully saturated rings. The molecule has 0 bridgehead atoms. The monoisotopic (exact) mass is 266 g/mol. The Bertz CT molecular complexity index is 425. The van der Waals surface area contributed by atoms with Crippen molar-refractivity contribution in [3.05, 3.63) is 23.6 Å². The molecule has 2 rings (SSSR count). The Hall–Kier alpha value is -1.20. The second kappa shape index (κ2) is 5.84. The van der Waals surface area contributed by atoms with Gasteiger partial charge in [0.15, 0.2) is 11.6 Å². The van der Waals surface area contributed by atoms with E-state index in [4.69, 9.17) is 0 Å². The average molecular weight is 266 g/mol. The Morgan fingerprint density at radius 1 is 1.37 bits per heavy atom. The summed E-state index contributed by atoms with van der Waals surface area (Å²) in [5.74, 6) is 0.292. The van der Waals surface area contributed by atoms with Crippen LogP contribution in [0.4, 0.5) is 10.2 Å². The van der Waals surface area contributed by atoms with Gasteiger partial charge in [-0.2, -0.15) is 0 Å². The van der Waals surface area contributed by atoms with E-state index >= 15 is 0 Å². The highest BCUT2D eigenvalue weighted by Gasteiger charge is 2.29. The van der Waals surface area contributed by atoms with E-state index in [9.17, 15) is 4.39 Å². The second-order valence-corrected chi connectivity index (χ2v) is 5.41. The molecular formula is C14H23FN4. The summed E-state index contributed by atoms with van der Waals surface area (Å²) in [6.07, 6.45) is 1.69. The maximum Gasteiger partial charge on any atom is 0.170 e. The van der Waals surface area contributed by atoms with Crippen molar-refractivity contribution in [3.63, 3.8) is 0 Å². The highest BCUT2D eigenvalue weighted by molar-refractivity contribution is 5.44. The molecule has 0 radical (unpaired) electrons. The van der Waals surface area contributed by atoms with Gasteiger partial charge in [-0.25, -0.2) is 9.37 Å². The number of pyridine rings is 1. The van der Waals surface area contributed by atoms with Gasteiger partial charge < -0.3 is 10.2 Å². The Morgan fingerprint density at radius 2 is 2.00 bits per heavy atom. The molecule has 106 valence electrons. The van der Waals surface area contributed by atoms with E-state index in [1.807, 2.05) is 7.05 Å². The molecule has 0 saturated carbocycles. The number of piperazine rings is 1. The van der Waals surface area contributed by atoms with Crippen LogP contribution in [-0.2, 0) is 6.54 Å². The van der Waals surface area contributed by atoms with Crippen molar-refractivity contribution in [2.75, 3.05) is 32.1 Å². The highest BCUT2D eigenvalue weighted by Crippen LogP contribution is 2.24. The van der Waals surface area contributed by atoms with Crippen molar-refractivity contribution in [1.29, 1.82) is 0 Å². The van der Waals surface area contributed by atoms with E-state index < -0.39 is 0 Å². The first kappa shape index (κ1) is 14.2. The average Bonchev–Trinajstić information content (AvgIpc) is 2.38. The van der Waals surface area contributed by atoms with Gasteiger partial charge in [0.05, 0.1) is 0 Å². The van der Waals surface area contributed by atoms with Gasteiger partial charge in [-0.1, -0.05) is 0 Å². The summed E-state index contributed by atoms with van der Waals surface area (Å²) >= 11 is 0. The Balaban J connectivity index is 2.24. The fourth-order valence-electron chi connectivity index (χ4n) is 2.60. The summed E-state index contributed by atoms with van der Waals surface area (Å²) in [7, 11) is 3.94. The van der Waals surface area contributed by atoms with Gasteiger partial charge in [0, 0.05) is 43.5 Å². The van der Waals surface area contributed by atoms with Crippen LogP contribution in [-0.4, -0.2) is 49.2 Å². The third-order valence-corrected chi connectivity index (χ3v) is 3.98. The zero-order valence-corrected chi connectivity index (χ0v) is 12.2. The molecule has 1 saturated heterocycles. The number of hydrogen-bond acceptors (Lipinski definition) is 4. The van der Waals surface area contributed by atoms with Crippen molar-refractivity contribution in [1.82, 2.24) is 15.2 Å². The van der Waals surface area contributed by atoms with Crippen molar-refractivity contribution in [2.45, 2.75) is 32.5 Å². The normalized spacial score (nSPS) is 24.8. The van der Waals surface area contributed by atoms with Crippen LogP contribution >= 0.6 is 0 Å². The molecule has 1 N–H and O–H groups in total. The van der Waals surface area contributed by atoms with E-state index in [0.717, 1.165) is 13.1 Å². The van der Waals surface area contributed by atoms with Crippen LogP contribution in [0.5, 0.6) is 0 Å². The molecule has 0 aromatic carbocycles. The summed E-state index contributed by atoms with van der Waals surface area (Å²) in [4.78, 5) is 8.63. The molecule has 1 aromatic heterocycles. The quantitative estimate of drug-likeness (QED) is 0.898. The fourth-order valence-corrected chi connectivity index (χ4v) is 2.60. The minimum absolute atomic E-state index is 0.194.